The summed E-state index contributed by atoms with van der Waals surface area (Å²) in [5, 5.41) is 2.84. The van der Waals surface area contributed by atoms with Crippen molar-refractivity contribution < 1.29 is 14.3 Å². The van der Waals surface area contributed by atoms with E-state index in [4.69, 9.17) is 4.74 Å². The van der Waals surface area contributed by atoms with Gasteiger partial charge in [-0.05, 0) is 43.5 Å². The normalized spacial score (nSPS) is 17.3. The van der Waals surface area contributed by atoms with Gasteiger partial charge in [0.2, 0.25) is 11.8 Å². The van der Waals surface area contributed by atoms with Crippen molar-refractivity contribution in [1.29, 1.82) is 0 Å². The predicted molar refractivity (Wildman–Crippen MR) is 88.9 cm³/mol. The lowest BCUT2D eigenvalue weighted by molar-refractivity contribution is -0.130. The maximum atomic E-state index is 11.9. The van der Waals surface area contributed by atoms with Crippen LogP contribution in [0.25, 0.3) is 0 Å². The Bertz CT molecular complexity index is 556. The molecule has 1 unspecified atom stereocenters. The highest BCUT2D eigenvalue weighted by Crippen LogP contribution is 2.23. The summed E-state index contributed by atoms with van der Waals surface area (Å²) in [5.74, 6) is -0.134. The molecule has 0 aliphatic carbocycles. The van der Waals surface area contributed by atoms with Gasteiger partial charge in [-0.1, -0.05) is 15.9 Å². The monoisotopic (exact) mass is 368 g/mol. The molecule has 1 atom stereocenters. The highest BCUT2D eigenvalue weighted by Gasteiger charge is 2.23. The fraction of sp³-hybridized carbons (Fsp3) is 0.500. The van der Waals surface area contributed by atoms with E-state index >= 15 is 0 Å². The number of hydrogen-bond donors (Lipinski definition) is 1. The van der Waals surface area contributed by atoms with Crippen molar-refractivity contribution in [2.45, 2.75) is 32.8 Å². The van der Waals surface area contributed by atoms with Gasteiger partial charge in [0.1, 0.15) is 6.10 Å². The molecule has 1 aliphatic rings. The first kappa shape index (κ1) is 17.0. The molecule has 0 radical (unpaired) electrons. The zero-order valence-electron chi connectivity index (χ0n) is 12.9. The lowest BCUT2D eigenvalue weighted by Crippen LogP contribution is -2.41. The van der Waals surface area contributed by atoms with E-state index in [0.29, 0.717) is 19.7 Å². The molecule has 1 aliphatic heterocycles. The quantitative estimate of drug-likeness (QED) is 0.867. The van der Waals surface area contributed by atoms with Crippen molar-refractivity contribution in [3.8, 4) is 0 Å². The number of amides is 2. The Labute approximate surface area is 139 Å². The summed E-state index contributed by atoms with van der Waals surface area (Å²) < 4.78 is 6.31. The van der Waals surface area contributed by atoms with Crippen LogP contribution in [0.2, 0.25) is 0 Å². The van der Waals surface area contributed by atoms with Gasteiger partial charge in [-0.3, -0.25) is 9.59 Å². The molecule has 1 aromatic carbocycles. The zero-order chi connectivity index (χ0) is 16.1. The van der Waals surface area contributed by atoms with Gasteiger partial charge in [-0.15, -0.1) is 0 Å². The maximum absolute atomic E-state index is 11.9. The topological polar surface area (TPSA) is 58.6 Å². The Hall–Kier alpha value is -1.40. The number of carbonyl (C=O) groups excluding carboxylic acids is 2. The highest BCUT2D eigenvalue weighted by atomic mass is 79.9. The summed E-state index contributed by atoms with van der Waals surface area (Å²) in [7, 11) is 0. The van der Waals surface area contributed by atoms with Gasteiger partial charge in [-0.25, -0.2) is 0 Å². The first-order valence-corrected chi connectivity index (χ1v) is 8.22. The largest absolute Gasteiger partial charge is 0.368 e. The van der Waals surface area contributed by atoms with Gasteiger partial charge in [0.05, 0.1) is 0 Å². The van der Waals surface area contributed by atoms with E-state index < -0.39 is 0 Å². The second kappa shape index (κ2) is 7.74. The SMILES string of the molecule is CC(=O)N(CCNC(=O)C1CCCO1)c1ccc(Br)cc1C. The lowest BCUT2D eigenvalue weighted by atomic mass is 10.2. The molecular weight excluding hydrogens is 348 g/mol. The number of benzene rings is 1. The second-order valence-electron chi connectivity index (χ2n) is 5.39. The van der Waals surface area contributed by atoms with E-state index in [0.717, 1.165) is 28.6 Å². The third kappa shape index (κ3) is 4.30. The number of nitrogens with one attached hydrogen (secondary N) is 1. The average molecular weight is 369 g/mol. The molecular formula is C16H21BrN2O3. The summed E-state index contributed by atoms with van der Waals surface area (Å²) >= 11 is 3.42. The average Bonchev–Trinajstić information content (AvgIpc) is 2.98. The summed E-state index contributed by atoms with van der Waals surface area (Å²) in [6.45, 7) is 4.99. The van der Waals surface area contributed by atoms with Crippen LogP contribution in [0, 0.1) is 6.92 Å². The van der Waals surface area contributed by atoms with Crippen molar-refractivity contribution in [2.75, 3.05) is 24.6 Å². The Morgan fingerprint density at radius 2 is 2.23 bits per heavy atom. The second-order valence-corrected chi connectivity index (χ2v) is 6.31. The van der Waals surface area contributed by atoms with Crippen LogP contribution in [0.15, 0.2) is 22.7 Å². The zero-order valence-corrected chi connectivity index (χ0v) is 14.5. The van der Waals surface area contributed by atoms with E-state index in [1.165, 1.54) is 6.92 Å². The summed E-state index contributed by atoms with van der Waals surface area (Å²) in [6, 6.07) is 5.78. The number of nitrogens with zero attached hydrogens (tertiary/aromatic N) is 1. The number of hydrogen-bond acceptors (Lipinski definition) is 3. The number of aryl methyl sites for hydroxylation is 1. The third-order valence-corrected chi connectivity index (χ3v) is 4.18. The number of halogens is 1. The molecule has 1 aromatic rings. The van der Waals surface area contributed by atoms with Gasteiger partial charge in [-0.2, -0.15) is 0 Å². The first-order chi connectivity index (χ1) is 10.5. The standard InChI is InChI=1S/C16H21BrN2O3/c1-11-10-13(17)5-6-14(11)19(12(2)20)8-7-18-16(21)15-4-3-9-22-15/h5-6,10,15H,3-4,7-9H2,1-2H3,(H,18,21). The Morgan fingerprint density at radius 3 is 2.82 bits per heavy atom. The van der Waals surface area contributed by atoms with E-state index in [9.17, 15) is 9.59 Å². The number of ether oxygens (including phenoxy) is 1. The number of rotatable bonds is 5. The molecule has 120 valence electrons. The van der Waals surface area contributed by atoms with Crippen LogP contribution in [0.4, 0.5) is 5.69 Å². The molecule has 1 fully saturated rings. The van der Waals surface area contributed by atoms with E-state index in [1.54, 1.807) is 4.90 Å². The first-order valence-electron chi connectivity index (χ1n) is 7.42. The Kier molecular flexibility index (Phi) is 5.97. The third-order valence-electron chi connectivity index (χ3n) is 3.69. The van der Waals surface area contributed by atoms with Crippen LogP contribution < -0.4 is 10.2 Å². The van der Waals surface area contributed by atoms with E-state index in [1.807, 2.05) is 25.1 Å². The van der Waals surface area contributed by atoms with E-state index in [2.05, 4.69) is 21.2 Å². The lowest BCUT2D eigenvalue weighted by Gasteiger charge is -2.23. The van der Waals surface area contributed by atoms with Gasteiger partial charge < -0.3 is 15.0 Å². The van der Waals surface area contributed by atoms with E-state index in [-0.39, 0.29) is 17.9 Å². The van der Waals surface area contributed by atoms with Crippen LogP contribution in [-0.4, -0.2) is 37.6 Å². The fourth-order valence-corrected chi connectivity index (χ4v) is 3.03. The van der Waals surface area contributed by atoms with Gasteiger partial charge in [0, 0.05) is 36.8 Å². The molecule has 0 bridgehead atoms. The maximum Gasteiger partial charge on any atom is 0.249 e. The summed E-state index contributed by atoms with van der Waals surface area (Å²) in [4.78, 5) is 25.5. The fourth-order valence-electron chi connectivity index (χ4n) is 2.56. The van der Waals surface area contributed by atoms with Crippen molar-refractivity contribution in [2.24, 2.45) is 0 Å². The molecule has 22 heavy (non-hydrogen) atoms. The minimum absolute atomic E-state index is 0.0446. The summed E-state index contributed by atoms with van der Waals surface area (Å²) in [6.07, 6.45) is 1.37. The van der Waals surface area contributed by atoms with Crippen molar-refractivity contribution in [1.82, 2.24) is 5.32 Å². The van der Waals surface area contributed by atoms with Gasteiger partial charge >= 0.3 is 0 Å². The molecule has 2 amide bonds. The van der Waals surface area contributed by atoms with Crippen LogP contribution >= 0.6 is 15.9 Å². The van der Waals surface area contributed by atoms with Crippen LogP contribution in [0.5, 0.6) is 0 Å². The minimum Gasteiger partial charge on any atom is -0.368 e. The molecule has 0 saturated carbocycles. The molecule has 6 heteroatoms. The molecule has 1 heterocycles. The van der Waals surface area contributed by atoms with Gasteiger partial charge in [0.25, 0.3) is 0 Å². The molecule has 1 N–H and O–H groups in total. The molecule has 0 aromatic heterocycles. The molecule has 0 spiro atoms. The van der Waals surface area contributed by atoms with Crippen LogP contribution in [-0.2, 0) is 14.3 Å². The van der Waals surface area contributed by atoms with Crippen molar-refractivity contribution in [3.05, 3.63) is 28.2 Å². The Balaban J connectivity index is 1.94. The van der Waals surface area contributed by atoms with Crippen LogP contribution in [0.1, 0.15) is 25.3 Å². The molecule has 5 nitrogen and oxygen atoms in total. The smallest absolute Gasteiger partial charge is 0.249 e. The number of carbonyl (C=O) groups is 2. The Morgan fingerprint density at radius 1 is 1.45 bits per heavy atom. The van der Waals surface area contributed by atoms with Crippen LogP contribution in [0.3, 0.4) is 0 Å². The predicted octanol–water partition coefficient (Wildman–Crippen LogP) is 2.41. The minimum atomic E-state index is -0.333. The highest BCUT2D eigenvalue weighted by molar-refractivity contribution is 9.10. The summed E-state index contributed by atoms with van der Waals surface area (Å²) in [5.41, 5.74) is 1.87. The van der Waals surface area contributed by atoms with Crippen molar-refractivity contribution in [3.63, 3.8) is 0 Å². The van der Waals surface area contributed by atoms with Gasteiger partial charge in [0.15, 0.2) is 0 Å². The molecule has 1 saturated heterocycles. The number of anilines is 1. The molecule has 2 rings (SSSR count). The van der Waals surface area contributed by atoms with Crippen molar-refractivity contribution >= 4 is 33.4 Å².